The largest absolute Gasteiger partial charge is 0.326 e. The van der Waals surface area contributed by atoms with Gasteiger partial charge in [0, 0.05) is 11.8 Å². The normalized spacial score (nSPS) is 15.5. The minimum absolute atomic E-state index is 0.0983. The molecule has 2 aliphatic heterocycles. The zero-order valence-electron chi connectivity index (χ0n) is 8.38. The Morgan fingerprint density at radius 3 is 2.56 bits per heavy atom. The lowest BCUT2D eigenvalue weighted by molar-refractivity contribution is -0.115. The van der Waals surface area contributed by atoms with Crippen molar-refractivity contribution in [3.8, 4) is 0 Å². The summed E-state index contributed by atoms with van der Waals surface area (Å²) in [6.45, 7) is 0. The van der Waals surface area contributed by atoms with Gasteiger partial charge in [0.15, 0.2) is 0 Å². The van der Waals surface area contributed by atoms with Gasteiger partial charge in [0.25, 0.3) is 5.91 Å². The molecule has 3 rings (SSSR count). The number of benzene rings is 1. The topological polar surface area (TPSA) is 70.9 Å². The Bertz CT molecular complexity index is 451. The molecule has 0 unspecified atom stereocenters. The van der Waals surface area contributed by atoms with E-state index in [1.54, 1.807) is 0 Å². The van der Waals surface area contributed by atoms with E-state index in [2.05, 4.69) is 15.5 Å². The molecule has 0 atom stereocenters. The van der Waals surface area contributed by atoms with Gasteiger partial charge in [0.1, 0.15) is 0 Å². The Balaban J connectivity index is 0.000000138. The maximum atomic E-state index is 10.8. The summed E-state index contributed by atoms with van der Waals surface area (Å²) >= 11 is 0. The van der Waals surface area contributed by atoms with Crippen LogP contribution in [-0.4, -0.2) is 11.8 Å². The van der Waals surface area contributed by atoms with Gasteiger partial charge in [-0.1, -0.05) is 18.2 Å². The molecule has 1 aromatic carbocycles. The predicted molar refractivity (Wildman–Crippen MR) is 57.8 cm³/mol. The highest BCUT2D eigenvalue weighted by Crippen LogP contribution is 2.20. The number of nitrogens with one attached hydrogen (secondary N) is 1. The number of carbonyl (C=O) groups is 2. The summed E-state index contributed by atoms with van der Waals surface area (Å²) in [6.07, 6.45) is 3.21. The molecule has 0 radical (unpaired) electrons. The van der Waals surface area contributed by atoms with Crippen molar-refractivity contribution < 1.29 is 9.59 Å². The SMILES string of the molecule is O=C1C=CN=N1.O=C1Cc2ccccc2N1. The van der Waals surface area contributed by atoms with E-state index in [0.717, 1.165) is 11.3 Å². The summed E-state index contributed by atoms with van der Waals surface area (Å²) in [5, 5.41) is 9.13. The predicted octanol–water partition coefficient (Wildman–Crippen LogP) is 1.67. The van der Waals surface area contributed by atoms with Gasteiger partial charge in [-0.2, -0.15) is 5.11 Å². The second kappa shape index (κ2) is 4.48. The first-order valence-corrected chi connectivity index (χ1v) is 4.75. The molecule has 5 nitrogen and oxygen atoms in total. The fraction of sp³-hybridized carbons (Fsp3) is 0.0909. The van der Waals surface area contributed by atoms with Crippen LogP contribution in [0, 0.1) is 0 Å². The summed E-state index contributed by atoms with van der Waals surface area (Å²) < 4.78 is 0. The van der Waals surface area contributed by atoms with Crippen LogP contribution in [0.3, 0.4) is 0 Å². The number of carbonyl (C=O) groups excluding carboxylic acids is 2. The van der Waals surface area contributed by atoms with E-state index in [1.807, 2.05) is 24.3 Å². The first kappa shape index (κ1) is 10.2. The van der Waals surface area contributed by atoms with Crippen LogP contribution in [0.1, 0.15) is 5.56 Å². The number of rotatable bonds is 0. The van der Waals surface area contributed by atoms with Crippen LogP contribution in [0.4, 0.5) is 5.69 Å². The Kier molecular flexibility index (Phi) is 2.86. The molecule has 0 saturated carbocycles. The zero-order chi connectivity index (χ0) is 11.4. The minimum Gasteiger partial charge on any atom is -0.326 e. The van der Waals surface area contributed by atoms with Crippen molar-refractivity contribution in [3.63, 3.8) is 0 Å². The van der Waals surface area contributed by atoms with Gasteiger partial charge in [-0.05, 0) is 11.6 Å². The minimum atomic E-state index is -0.269. The molecule has 0 aliphatic carbocycles. The van der Waals surface area contributed by atoms with Crippen LogP contribution >= 0.6 is 0 Å². The van der Waals surface area contributed by atoms with E-state index in [4.69, 9.17) is 0 Å². The van der Waals surface area contributed by atoms with Crippen molar-refractivity contribution in [2.24, 2.45) is 10.2 Å². The third kappa shape index (κ3) is 2.38. The molecule has 16 heavy (non-hydrogen) atoms. The van der Waals surface area contributed by atoms with Gasteiger partial charge < -0.3 is 5.32 Å². The zero-order valence-corrected chi connectivity index (χ0v) is 8.38. The number of para-hydroxylation sites is 1. The first-order valence-electron chi connectivity index (χ1n) is 4.75. The average Bonchev–Trinajstić information content (AvgIpc) is 2.86. The number of nitrogens with zero attached hydrogens (tertiary/aromatic N) is 2. The number of hydrogen-bond donors (Lipinski definition) is 1. The summed E-state index contributed by atoms with van der Waals surface area (Å²) in [7, 11) is 0. The fourth-order valence-electron chi connectivity index (χ4n) is 1.38. The highest BCUT2D eigenvalue weighted by atomic mass is 16.2. The van der Waals surface area contributed by atoms with Crippen LogP contribution in [-0.2, 0) is 16.0 Å². The molecule has 0 bridgehead atoms. The fourth-order valence-corrected chi connectivity index (χ4v) is 1.38. The van der Waals surface area contributed by atoms with Gasteiger partial charge >= 0.3 is 0 Å². The number of azo groups is 1. The Labute approximate surface area is 91.9 Å². The van der Waals surface area contributed by atoms with Crippen LogP contribution in [0.2, 0.25) is 0 Å². The highest BCUT2D eigenvalue weighted by Gasteiger charge is 2.15. The van der Waals surface area contributed by atoms with E-state index >= 15 is 0 Å². The number of hydrogen-bond acceptors (Lipinski definition) is 3. The lowest BCUT2D eigenvalue weighted by atomic mass is 10.2. The summed E-state index contributed by atoms with van der Waals surface area (Å²) in [5.41, 5.74) is 2.07. The molecule has 0 spiro atoms. The molecule has 5 heteroatoms. The Hall–Kier alpha value is -2.30. The van der Waals surface area contributed by atoms with Gasteiger partial charge in [-0.3, -0.25) is 9.59 Å². The standard InChI is InChI=1S/C8H7NO.C3H2N2O/c10-8-5-6-3-1-2-4-7(6)9-8;6-3-1-2-4-5-3/h1-4H,5H2,(H,9,10);1-2H. The molecule has 1 N–H and O–H groups in total. The molecule has 2 aliphatic rings. The maximum Gasteiger partial charge on any atom is 0.289 e. The lowest BCUT2D eigenvalue weighted by Crippen LogP contribution is -2.03. The van der Waals surface area contributed by atoms with E-state index in [-0.39, 0.29) is 11.8 Å². The second-order valence-corrected chi connectivity index (χ2v) is 3.25. The van der Waals surface area contributed by atoms with Crippen molar-refractivity contribution in [2.45, 2.75) is 6.42 Å². The first-order chi connectivity index (χ1) is 7.75. The van der Waals surface area contributed by atoms with E-state index in [9.17, 15) is 9.59 Å². The summed E-state index contributed by atoms with van der Waals surface area (Å²) in [4.78, 5) is 20.7. The van der Waals surface area contributed by atoms with Gasteiger partial charge in [0.05, 0.1) is 12.6 Å². The quantitative estimate of drug-likeness (QED) is 0.715. The van der Waals surface area contributed by atoms with Gasteiger partial charge in [0.2, 0.25) is 5.91 Å². The van der Waals surface area contributed by atoms with E-state index < -0.39 is 0 Å². The van der Waals surface area contributed by atoms with Crippen molar-refractivity contribution in [2.75, 3.05) is 5.32 Å². The molecular formula is C11H9N3O2. The summed E-state index contributed by atoms with van der Waals surface area (Å²) in [6, 6.07) is 7.75. The second-order valence-electron chi connectivity index (χ2n) is 3.25. The van der Waals surface area contributed by atoms with Gasteiger partial charge in [-0.15, -0.1) is 5.11 Å². The molecule has 2 amide bonds. The average molecular weight is 215 g/mol. The van der Waals surface area contributed by atoms with Crippen molar-refractivity contribution in [3.05, 3.63) is 42.1 Å². The van der Waals surface area contributed by atoms with Crippen molar-refractivity contribution >= 4 is 17.5 Å². The van der Waals surface area contributed by atoms with Crippen LogP contribution < -0.4 is 5.32 Å². The van der Waals surface area contributed by atoms with Crippen molar-refractivity contribution in [1.82, 2.24) is 0 Å². The van der Waals surface area contributed by atoms with Crippen LogP contribution in [0.5, 0.6) is 0 Å². The third-order valence-corrected chi connectivity index (χ3v) is 2.08. The molecule has 2 heterocycles. The molecule has 1 aromatic rings. The Morgan fingerprint density at radius 1 is 1.19 bits per heavy atom. The number of fused-ring (bicyclic) bond motifs is 1. The van der Waals surface area contributed by atoms with Crippen LogP contribution in [0.25, 0.3) is 0 Å². The van der Waals surface area contributed by atoms with Crippen molar-refractivity contribution in [1.29, 1.82) is 0 Å². The van der Waals surface area contributed by atoms with E-state index in [0.29, 0.717) is 6.42 Å². The third-order valence-electron chi connectivity index (χ3n) is 2.08. The van der Waals surface area contributed by atoms with E-state index in [1.165, 1.54) is 12.3 Å². The monoisotopic (exact) mass is 215 g/mol. The lowest BCUT2D eigenvalue weighted by Gasteiger charge is -1.93. The highest BCUT2D eigenvalue weighted by molar-refractivity contribution is 5.98. The molecule has 0 fully saturated rings. The molecule has 0 saturated heterocycles. The Morgan fingerprint density at radius 2 is 2.00 bits per heavy atom. The maximum absolute atomic E-state index is 10.8. The molecular weight excluding hydrogens is 206 g/mol. The smallest absolute Gasteiger partial charge is 0.289 e. The summed E-state index contributed by atoms with van der Waals surface area (Å²) in [5.74, 6) is -0.170. The number of amides is 2. The van der Waals surface area contributed by atoms with Crippen LogP contribution in [0.15, 0.2) is 46.8 Å². The number of anilines is 1. The van der Waals surface area contributed by atoms with Gasteiger partial charge in [-0.25, -0.2) is 0 Å². The molecule has 0 aromatic heterocycles. The molecule has 80 valence electrons.